The molecular weight excluding hydrogens is 178 g/mol. The van der Waals surface area contributed by atoms with Crippen LogP contribution in [-0.4, -0.2) is 18.6 Å². The van der Waals surface area contributed by atoms with Gasteiger partial charge in [-0.25, -0.2) is 0 Å². The first-order valence-electron chi connectivity index (χ1n) is 5.48. The average molecular weight is 199 g/mol. The zero-order valence-electron chi connectivity index (χ0n) is 9.32. The average Bonchev–Trinajstić information content (AvgIpc) is 2.01. The molecule has 2 unspecified atom stereocenters. The van der Waals surface area contributed by atoms with Crippen LogP contribution in [0.25, 0.3) is 0 Å². The van der Waals surface area contributed by atoms with Crippen molar-refractivity contribution in [1.82, 2.24) is 0 Å². The van der Waals surface area contributed by atoms with Crippen LogP contribution in [0.1, 0.15) is 33.6 Å². The van der Waals surface area contributed by atoms with Crippen LogP contribution in [0.4, 0.5) is 0 Å². The predicted molar refractivity (Wildman–Crippen MR) is 55.7 cm³/mol. The van der Waals surface area contributed by atoms with Crippen molar-refractivity contribution in [3.05, 3.63) is 0 Å². The molecule has 1 rings (SSSR count). The summed E-state index contributed by atoms with van der Waals surface area (Å²) in [4.78, 5) is 11.7. The van der Waals surface area contributed by atoms with Crippen molar-refractivity contribution in [3.8, 4) is 0 Å². The van der Waals surface area contributed by atoms with Gasteiger partial charge in [0, 0.05) is 6.04 Å². The summed E-state index contributed by atoms with van der Waals surface area (Å²) in [7, 11) is 0. The fraction of sp³-hybridized carbons (Fsp3) is 0.909. The van der Waals surface area contributed by atoms with Crippen molar-refractivity contribution in [2.75, 3.05) is 6.61 Å². The Hall–Kier alpha value is -0.570. The van der Waals surface area contributed by atoms with Gasteiger partial charge in [0.2, 0.25) is 0 Å². The lowest BCUT2D eigenvalue weighted by molar-refractivity contribution is -0.153. The standard InChI is InChI=1S/C11H21NO2/c1-4-14-11(13)10-7(2)5-9(12)6-8(10)3/h7-10H,4-6,12H2,1-3H3. The molecule has 0 aliphatic heterocycles. The van der Waals surface area contributed by atoms with Gasteiger partial charge in [-0.2, -0.15) is 0 Å². The fourth-order valence-corrected chi connectivity index (χ4v) is 2.61. The predicted octanol–water partition coefficient (Wildman–Crippen LogP) is 1.56. The number of nitrogens with two attached hydrogens (primary N) is 1. The summed E-state index contributed by atoms with van der Waals surface area (Å²) in [6, 6.07) is 0.255. The van der Waals surface area contributed by atoms with Crippen molar-refractivity contribution < 1.29 is 9.53 Å². The van der Waals surface area contributed by atoms with E-state index in [4.69, 9.17) is 10.5 Å². The number of hydrogen-bond donors (Lipinski definition) is 1. The number of rotatable bonds is 2. The van der Waals surface area contributed by atoms with E-state index in [1.54, 1.807) is 0 Å². The molecule has 2 atom stereocenters. The second-order valence-corrected chi connectivity index (χ2v) is 4.46. The monoisotopic (exact) mass is 199 g/mol. The molecule has 0 heterocycles. The van der Waals surface area contributed by atoms with E-state index in [2.05, 4.69) is 13.8 Å². The van der Waals surface area contributed by atoms with Gasteiger partial charge in [-0.3, -0.25) is 4.79 Å². The van der Waals surface area contributed by atoms with Crippen molar-refractivity contribution in [3.63, 3.8) is 0 Å². The Morgan fingerprint density at radius 1 is 1.36 bits per heavy atom. The van der Waals surface area contributed by atoms with Crippen molar-refractivity contribution >= 4 is 5.97 Å². The quantitative estimate of drug-likeness (QED) is 0.687. The first-order valence-corrected chi connectivity index (χ1v) is 5.48. The fourth-order valence-electron chi connectivity index (χ4n) is 2.61. The zero-order chi connectivity index (χ0) is 10.7. The van der Waals surface area contributed by atoms with E-state index >= 15 is 0 Å². The SMILES string of the molecule is CCOC(=O)C1C(C)CC(N)CC1C. The van der Waals surface area contributed by atoms with E-state index in [0.29, 0.717) is 18.4 Å². The second kappa shape index (κ2) is 4.78. The van der Waals surface area contributed by atoms with Crippen LogP contribution in [0.5, 0.6) is 0 Å². The van der Waals surface area contributed by atoms with Gasteiger partial charge < -0.3 is 10.5 Å². The van der Waals surface area contributed by atoms with Gasteiger partial charge in [0.05, 0.1) is 12.5 Å². The van der Waals surface area contributed by atoms with Gasteiger partial charge in [0.25, 0.3) is 0 Å². The molecule has 14 heavy (non-hydrogen) atoms. The summed E-state index contributed by atoms with van der Waals surface area (Å²) in [5, 5.41) is 0. The Bertz CT molecular complexity index is 193. The summed E-state index contributed by atoms with van der Waals surface area (Å²) in [6.07, 6.45) is 1.88. The lowest BCUT2D eigenvalue weighted by Gasteiger charge is -2.35. The molecule has 82 valence electrons. The number of esters is 1. The molecule has 1 fully saturated rings. The highest BCUT2D eigenvalue weighted by Gasteiger charge is 2.37. The Morgan fingerprint density at radius 3 is 2.29 bits per heavy atom. The molecule has 0 aromatic heterocycles. The summed E-state index contributed by atoms with van der Waals surface area (Å²) in [5.41, 5.74) is 5.90. The highest BCUT2D eigenvalue weighted by Crippen LogP contribution is 2.34. The minimum Gasteiger partial charge on any atom is -0.466 e. The minimum atomic E-state index is -0.0422. The highest BCUT2D eigenvalue weighted by molar-refractivity contribution is 5.73. The van der Waals surface area contributed by atoms with Crippen LogP contribution >= 0.6 is 0 Å². The summed E-state index contributed by atoms with van der Waals surface area (Å²) in [5.74, 6) is 0.717. The smallest absolute Gasteiger partial charge is 0.309 e. The van der Waals surface area contributed by atoms with E-state index in [9.17, 15) is 4.79 Å². The molecule has 1 saturated carbocycles. The Morgan fingerprint density at radius 2 is 1.86 bits per heavy atom. The number of carbonyl (C=O) groups excluding carboxylic acids is 1. The lowest BCUT2D eigenvalue weighted by Crippen LogP contribution is -2.41. The Kier molecular flexibility index (Phi) is 3.93. The van der Waals surface area contributed by atoms with Gasteiger partial charge in [0.1, 0.15) is 0 Å². The van der Waals surface area contributed by atoms with Gasteiger partial charge >= 0.3 is 5.97 Å². The van der Waals surface area contributed by atoms with Gasteiger partial charge in [-0.15, -0.1) is 0 Å². The van der Waals surface area contributed by atoms with Crippen LogP contribution in [0.15, 0.2) is 0 Å². The molecule has 1 aliphatic carbocycles. The zero-order valence-corrected chi connectivity index (χ0v) is 9.32. The molecule has 1 aliphatic rings. The second-order valence-electron chi connectivity index (χ2n) is 4.46. The maximum Gasteiger partial charge on any atom is 0.309 e. The Labute approximate surface area is 86.0 Å². The van der Waals surface area contributed by atoms with Gasteiger partial charge in [-0.05, 0) is 31.6 Å². The number of carbonyl (C=O) groups is 1. The molecule has 0 aromatic carbocycles. The molecule has 0 bridgehead atoms. The van der Waals surface area contributed by atoms with E-state index in [-0.39, 0.29) is 17.9 Å². The van der Waals surface area contributed by atoms with Crippen LogP contribution in [0, 0.1) is 17.8 Å². The first kappa shape index (κ1) is 11.5. The van der Waals surface area contributed by atoms with E-state index in [1.807, 2.05) is 6.92 Å². The van der Waals surface area contributed by atoms with Crippen molar-refractivity contribution in [1.29, 1.82) is 0 Å². The van der Waals surface area contributed by atoms with Gasteiger partial charge in [0.15, 0.2) is 0 Å². The largest absolute Gasteiger partial charge is 0.466 e. The summed E-state index contributed by atoms with van der Waals surface area (Å²) < 4.78 is 5.08. The van der Waals surface area contributed by atoms with E-state index in [0.717, 1.165) is 12.8 Å². The van der Waals surface area contributed by atoms with E-state index < -0.39 is 0 Å². The maximum atomic E-state index is 11.7. The molecule has 0 radical (unpaired) electrons. The molecule has 2 N–H and O–H groups in total. The number of hydrogen-bond acceptors (Lipinski definition) is 3. The van der Waals surface area contributed by atoms with Crippen LogP contribution in [0.2, 0.25) is 0 Å². The van der Waals surface area contributed by atoms with Gasteiger partial charge in [-0.1, -0.05) is 13.8 Å². The van der Waals surface area contributed by atoms with E-state index in [1.165, 1.54) is 0 Å². The topological polar surface area (TPSA) is 52.3 Å². The molecule has 0 amide bonds. The molecule has 0 saturated heterocycles. The molecule has 3 nitrogen and oxygen atoms in total. The highest BCUT2D eigenvalue weighted by atomic mass is 16.5. The molecule has 0 spiro atoms. The third kappa shape index (κ3) is 2.47. The van der Waals surface area contributed by atoms with Crippen LogP contribution in [0.3, 0.4) is 0 Å². The normalized spacial score (nSPS) is 38.0. The number of ether oxygens (including phenoxy) is 1. The molecule has 3 heteroatoms. The maximum absolute atomic E-state index is 11.7. The Balaban J connectivity index is 2.62. The van der Waals surface area contributed by atoms with Crippen LogP contribution in [-0.2, 0) is 9.53 Å². The van der Waals surface area contributed by atoms with Crippen LogP contribution < -0.4 is 5.73 Å². The lowest BCUT2D eigenvalue weighted by atomic mass is 9.72. The summed E-state index contributed by atoms with van der Waals surface area (Å²) >= 11 is 0. The molecular formula is C11H21NO2. The minimum absolute atomic E-state index is 0.0422. The van der Waals surface area contributed by atoms with Crippen molar-refractivity contribution in [2.24, 2.45) is 23.5 Å². The van der Waals surface area contributed by atoms with Crippen molar-refractivity contribution in [2.45, 2.75) is 39.7 Å². The first-order chi connectivity index (χ1) is 6.56. The third-order valence-electron chi connectivity index (χ3n) is 3.13. The third-order valence-corrected chi connectivity index (χ3v) is 3.13. The summed E-state index contributed by atoms with van der Waals surface area (Å²) in [6.45, 7) is 6.51. The molecule has 0 aromatic rings.